The molecule has 26 heavy (non-hydrogen) atoms. The average molecular weight is 353 g/mol. The van der Waals surface area contributed by atoms with Crippen molar-refractivity contribution in [1.29, 1.82) is 0 Å². The number of methoxy groups -OCH3 is 1. The Kier molecular flexibility index (Phi) is 4.67. The van der Waals surface area contributed by atoms with E-state index >= 15 is 0 Å². The number of hydrogen-bond acceptors (Lipinski definition) is 5. The Morgan fingerprint density at radius 3 is 2.88 bits per heavy atom. The van der Waals surface area contributed by atoms with Gasteiger partial charge in [-0.1, -0.05) is 29.4 Å². The van der Waals surface area contributed by atoms with Crippen LogP contribution < -0.4 is 4.74 Å². The van der Waals surface area contributed by atoms with Crippen LogP contribution in [0.5, 0.6) is 5.75 Å². The van der Waals surface area contributed by atoms with Crippen LogP contribution in [0.25, 0.3) is 11.4 Å². The second-order valence-electron chi connectivity index (χ2n) is 6.54. The van der Waals surface area contributed by atoms with Crippen LogP contribution in [0, 0.1) is 5.82 Å². The second-order valence-corrected chi connectivity index (χ2v) is 6.54. The zero-order valence-corrected chi connectivity index (χ0v) is 14.6. The molecular formula is C20H20FN3O2. The normalized spacial score (nSPS) is 17.5. The Bertz CT molecular complexity index is 879. The van der Waals surface area contributed by atoms with Crippen molar-refractivity contribution in [3.8, 4) is 17.1 Å². The minimum atomic E-state index is -0.205. The maximum atomic E-state index is 13.0. The predicted molar refractivity (Wildman–Crippen MR) is 95.3 cm³/mol. The molecule has 0 radical (unpaired) electrons. The van der Waals surface area contributed by atoms with E-state index in [1.165, 1.54) is 12.1 Å². The highest BCUT2D eigenvalue weighted by molar-refractivity contribution is 5.56. The van der Waals surface area contributed by atoms with Crippen LogP contribution in [0.2, 0.25) is 0 Å². The Balaban J connectivity index is 1.42. The van der Waals surface area contributed by atoms with E-state index in [4.69, 9.17) is 9.26 Å². The van der Waals surface area contributed by atoms with E-state index in [9.17, 15) is 4.39 Å². The number of likely N-dealkylation sites (tertiary alicyclic amines) is 1. The highest BCUT2D eigenvalue weighted by atomic mass is 19.1. The van der Waals surface area contributed by atoms with Gasteiger partial charge in [0.1, 0.15) is 11.6 Å². The van der Waals surface area contributed by atoms with Crippen LogP contribution in [0.3, 0.4) is 0 Å². The Labute approximate surface area is 151 Å². The standard InChI is InChI=1S/C20H20FN3O2/c1-25-18-4-2-3-15(11-18)19-22-20(26-23-19)16-9-10-24(13-16)12-14-5-7-17(21)8-6-14/h2-8,11,16H,9-10,12-13H2,1H3. The van der Waals surface area contributed by atoms with Crippen LogP contribution in [0.15, 0.2) is 53.1 Å². The smallest absolute Gasteiger partial charge is 0.231 e. The molecule has 0 spiro atoms. The van der Waals surface area contributed by atoms with E-state index < -0.39 is 0 Å². The lowest BCUT2D eigenvalue weighted by atomic mass is 10.1. The molecule has 1 fully saturated rings. The minimum Gasteiger partial charge on any atom is -0.497 e. The fourth-order valence-electron chi connectivity index (χ4n) is 3.31. The molecule has 2 aromatic carbocycles. The molecule has 6 heteroatoms. The van der Waals surface area contributed by atoms with E-state index in [1.807, 2.05) is 36.4 Å². The molecule has 0 aliphatic carbocycles. The summed E-state index contributed by atoms with van der Waals surface area (Å²) in [7, 11) is 1.63. The topological polar surface area (TPSA) is 51.4 Å². The van der Waals surface area contributed by atoms with Gasteiger partial charge in [0.25, 0.3) is 0 Å². The quantitative estimate of drug-likeness (QED) is 0.697. The van der Waals surface area contributed by atoms with Gasteiger partial charge < -0.3 is 9.26 Å². The van der Waals surface area contributed by atoms with Gasteiger partial charge in [-0.15, -0.1) is 0 Å². The molecule has 1 saturated heterocycles. The van der Waals surface area contributed by atoms with Crippen molar-refractivity contribution < 1.29 is 13.7 Å². The summed E-state index contributed by atoms with van der Waals surface area (Å²) in [6.45, 7) is 2.61. The van der Waals surface area contributed by atoms with Crippen molar-refractivity contribution in [2.75, 3.05) is 20.2 Å². The van der Waals surface area contributed by atoms with Gasteiger partial charge in [-0.25, -0.2) is 4.39 Å². The number of halogens is 1. The summed E-state index contributed by atoms with van der Waals surface area (Å²) < 4.78 is 23.8. The van der Waals surface area contributed by atoms with Gasteiger partial charge in [0.05, 0.1) is 13.0 Å². The molecule has 1 aromatic heterocycles. The van der Waals surface area contributed by atoms with E-state index in [0.717, 1.165) is 42.9 Å². The van der Waals surface area contributed by atoms with Crippen molar-refractivity contribution in [3.63, 3.8) is 0 Å². The van der Waals surface area contributed by atoms with Gasteiger partial charge in [-0.05, 0) is 42.8 Å². The van der Waals surface area contributed by atoms with Crippen LogP contribution in [0.1, 0.15) is 23.8 Å². The van der Waals surface area contributed by atoms with E-state index in [1.54, 1.807) is 7.11 Å². The Hall–Kier alpha value is -2.73. The van der Waals surface area contributed by atoms with Crippen LogP contribution in [-0.4, -0.2) is 35.2 Å². The number of hydrogen-bond donors (Lipinski definition) is 0. The third-order valence-corrected chi connectivity index (χ3v) is 4.71. The van der Waals surface area contributed by atoms with Crippen molar-refractivity contribution in [2.45, 2.75) is 18.9 Å². The number of benzene rings is 2. The number of nitrogens with zero attached hydrogens (tertiary/aromatic N) is 3. The first-order valence-corrected chi connectivity index (χ1v) is 8.66. The van der Waals surface area contributed by atoms with Crippen LogP contribution in [0.4, 0.5) is 4.39 Å². The molecule has 3 aromatic rings. The fourth-order valence-corrected chi connectivity index (χ4v) is 3.31. The summed E-state index contributed by atoms with van der Waals surface area (Å²) in [6, 6.07) is 14.3. The van der Waals surface area contributed by atoms with E-state index in [-0.39, 0.29) is 11.7 Å². The van der Waals surface area contributed by atoms with Crippen molar-refractivity contribution in [2.24, 2.45) is 0 Å². The maximum Gasteiger partial charge on any atom is 0.231 e. The van der Waals surface area contributed by atoms with Gasteiger partial charge in [-0.3, -0.25) is 4.90 Å². The summed E-state index contributed by atoms with van der Waals surface area (Å²) in [5, 5.41) is 4.12. The Morgan fingerprint density at radius 1 is 1.23 bits per heavy atom. The lowest BCUT2D eigenvalue weighted by Gasteiger charge is -2.15. The lowest BCUT2D eigenvalue weighted by Crippen LogP contribution is -2.19. The molecule has 134 valence electrons. The largest absolute Gasteiger partial charge is 0.497 e. The highest BCUT2D eigenvalue weighted by Crippen LogP contribution is 2.29. The first kappa shape index (κ1) is 16.7. The zero-order valence-electron chi connectivity index (χ0n) is 14.6. The fraction of sp³-hybridized carbons (Fsp3) is 0.300. The Morgan fingerprint density at radius 2 is 2.08 bits per heavy atom. The molecule has 0 N–H and O–H groups in total. The van der Waals surface area contributed by atoms with E-state index in [0.29, 0.717) is 11.7 Å². The molecule has 5 nitrogen and oxygen atoms in total. The molecule has 0 saturated carbocycles. The number of aromatic nitrogens is 2. The van der Waals surface area contributed by atoms with Gasteiger partial charge in [-0.2, -0.15) is 4.98 Å². The highest BCUT2D eigenvalue weighted by Gasteiger charge is 2.28. The first-order valence-electron chi connectivity index (χ1n) is 8.66. The van der Waals surface area contributed by atoms with Gasteiger partial charge in [0.2, 0.25) is 11.7 Å². The monoisotopic (exact) mass is 353 g/mol. The van der Waals surface area contributed by atoms with Crippen LogP contribution in [-0.2, 0) is 6.54 Å². The summed E-state index contributed by atoms with van der Waals surface area (Å²) in [5.41, 5.74) is 1.98. The second kappa shape index (κ2) is 7.25. The molecule has 0 bridgehead atoms. The van der Waals surface area contributed by atoms with Crippen molar-refractivity contribution >= 4 is 0 Å². The van der Waals surface area contributed by atoms with Crippen LogP contribution >= 0.6 is 0 Å². The van der Waals surface area contributed by atoms with Gasteiger partial charge in [0.15, 0.2) is 0 Å². The summed E-state index contributed by atoms with van der Waals surface area (Å²) in [5.74, 6) is 2.03. The zero-order chi connectivity index (χ0) is 17.9. The third-order valence-electron chi connectivity index (χ3n) is 4.71. The lowest BCUT2D eigenvalue weighted by molar-refractivity contribution is 0.309. The van der Waals surface area contributed by atoms with Crippen molar-refractivity contribution in [3.05, 3.63) is 65.8 Å². The van der Waals surface area contributed by atoms with Gasteiger partial charge >= 0.3 is 0 Å². The number of ether oxygens (including phenoxy) is 1. The van der Waals surface area contributed by atoms with E-state index in [2.05, 4.69) is 15.0 Å². The molecule has 1 aliphatic heterocycles. The summed E-state index contributed by atoms with van der Waals surface area (Å²) >= 11 is 0. The molecule has 4 rings (SSSR count). The third kappa shape index (κ3) is 3.60. The molecule has 1 unspecified atom stereocenters. The molecule has 1 atom stereocenters. The minimum absolute atomic E-state index is 0.205. The molecule has 1 aliphatic rings. The molecule has 0 amide bonds. The predicted octanol–water partition coefficient (Wildman–Crippen LogP) is 3.87. The SMILES string of the molecule is COc1cccc(-c2noc(C3CCN(Cc4ccc(F)cc4)C3)n2)c1. The average Bonchev–Trinajstić information content (AvgIpc) is 3.33. The first-order chi connectivity index (χ1) is 12.7. The number of rotatable bonds is 5. The molecular weight excluding hydrogens is 333 g/mol. The van der Waals surface area contributed by atoms with Gasteiger partial charge in [0, 0.05) is 18.7 Å². The van der Waals surface area contributed by atoms with Crippen molar-refractivity contribution in [1.82, 2.24) is 15.0 Å². The molecule has 2 heterocycles. The summed E-state index contributed by atoms with van der Waals surface area (Å²) in [6.07, 6.45) is 0.973. The summed E-state index contributed by atoms with van der Waals surface area (Å²) in [4.78, 5) is 6.91. The maximum absolute atomic E-state index is 13.0.